The average molecular weight is 379 g/mol. The second-order valence-electron chi connectivity index (χ2n) is 5.78. The number of nitro groups is 1. The number of rotatable bonds is 7. The van der Waals surface area contributed by atoms with Crippen LogP contribution in [0.15, 0.2) is 71.8 Å². The summed E-state index contributed by atoms with van der Waals surface area (Å²) in [5.74, 6) is 0.711. The Kier molecular flexibility index (Phi) is 6.17. The third-order valence-electron chi connectivity index (χ3n) is 3.84. The predicted molar refractivity (Wildman–Crippen MR) is 109 cm³/mol. The summed E-state index contributed by atoms with van der Waals surface area (Å²) >= 11 is 1.48. The van der Waals surface area contributed by atoms with E-state index in [-0.39, 0.29) is 17.3 Å². The number of hydrazone groups is 1. The van der Waals surface area contributed by atoms with E-state index in [2.05, 4.69) is 40.9 Å². The van der Waals surface area contributed by atoms with Crippen LogP contribution < -0.4 is 5.43 Å². The number of amides is 1. The molecule has 3 aromatic carbocycles. The van der Waals surface area contributed by atoms with Crippen LogP contribution in [-0.2, 0) is 10.5 Å². The van der Waals surface area contributed by atoms with Gasteiger partial charge >= 0.3 is 0 Å². The van der Waals surface area contributed by atoms with Crippen LogP contribution in [0.4, 0.5) is 5.69 Å². The second-order valence-corrected chi connectivity index (χ2v) is 6.77. The van der Waals surface area contributed by atoms with Gasteiger partial charge < -0.3 is 0 Å². The zero-order valence-corrected chi connectivity index (χ0v) is 15.2. The minimum Gasteiger partial charge on any atom is -0.272 e. The van der Waals surface area contributed by atoms with Gasteiger partial charge in [0.1, 0.15) is 0 Å². The maximum Gasteiger partial charge on any atom is 0.278 e. The SMILES string of the molecule is O=C(CSCc1ccc2ccccc2c1)N/N=C\c1ccccc1[N+](=O)[O-]. The summed E-state index contributed by atoms with van der Waals surface area (Å²) in [5.41, 5.74) is 3.83. The molecular formula is C20H17N3O3S. The van der Waals surface area contributed by atoms with Gasteiger partial charge in [-0.1, -0.05) is 54.6 Å². The van der Waals surface area contributed by atoms with Crippen molar-refractivity contribution in [1.29, 1.82) is 0 Å². The van der Waals surface area contributed by atoms with E-state index in [0.29, 0.717) is 11.3 Å². The number of thioether (sulfide) groups is 1. The highest BCUT2D eigenvalue weighted by molar-refractivity contribution is 7.99. The van der Waals surface area contributed by atoms with Crippen molar-refractivity contribution in [3.63, 3.8) is 0 Å². The molecule has 0 bridgehead atoms. The van der Waals surface area contributed by atoms with Crippen LogP contribution in [0.5, 0.6) is 0 Å². The fourth-order valence-corrected chi connectivity index (χ4v) is 3.33. The number of carbonyl (C=O) groups is 1. The topological polar surface area (TPSA) is 84.6 Å². The van der Waals surface area contributed by atoms with Crippen LogP contribution in [-0.4, -0.2) is 22.8 Å². The van der Waals surface area contributed by atoms with Crippen LogP contribution in [0, 0.1) is 10.1 Å². The molecule has 0 heterocycles. The molecule has 0 fully saturated rings. The lowest BCUT2D eigenvalue weighted by Gasteiger charge is -2.04. The van der Waals surface area contributed by atoms with Crippen LogP contribution in [0.1, 0.15) is 11.1 Å². The van der Waals surface area contributed by atoms with Crippen LogP contribution in [0.25, 0.3) is 10.8 Å². The Morgan fingerprint density at radius 2 is 1.81 bits per heavy atom. The molecule has 3 rings (SSSR count). The number of hydrogen-bond acceptors (Lipinski definition) is 5. The van der Waals surface area contributed by atoms with E-state index in [4.69, 9.17) is 0 Å². The van der Waals surface area contributed by atoms with Gasteiger partial charge in [-0.25, -0.2) is 5.43 Å². The molecule has 0 radical (unpaired) electrons. The Labute approximate surface area is 160 Å². The van der Waals surface area contributed by atoms with Gasteiger partial charge in [-0.05, 0) is 22.4 Å². The minimum atomic E-state index is -0.484. The van der Waals surface area contributed by atoms with Crippen molar-refractivity contribution < 1.29 is 9.72 Å². The highest BCUT2D eigenvalue weighted by Crippen LogP contribution is 2.19. The summed E-state index contributed by atoms with van der Waals surface area (Å²) < 4.78 is 0. The maximum atomic E-state index is 11.9. The number of benzene rings is 3. The highest BCUT2D eigenvalue weighted by atomic mass is 32.2. The molecule has 0 aliphatic carbocycles. The van der Waals surface area contributed by atoms with E-state index in [1.54, 1.807) is 18.2 Å². The van der Waals surface area contributed by atoms with Gasteiger partial charge in [0, 0.05) is 11.8 Å². The maximum absolute atomic E-state index is 11.9. The number of carbonyl (C=O) groups excluding carboxylic acids is 1. The number of para-hydroxylation sites is 1. The molecule has 0 saturated heterocycles. The average Bonchev–Trinajstić information content (AvgIpc) is 2.68. The van der Waals surface area contributed by atoms with Gasteiger partial charge in [-0.3, -0.25) is 14.9 Å². The fraction of sp³-hybridized carbons (Fsp3) is 0.100. The molecule has 0 aliphatic rings. The number of hydrogen-bond donors (Lipinski definition) is 1. The fourth-order valence-electron chi connectivity index (χ4n) is 2.56. The molecule has 0 aromatic heterocycles. The molecule has 136 valence electrons. The van der Waals surface area contributed by atoms with Gasteiger partial charge in [-0.15, -0.1) is 11.8 Å². The van der Waals surface area contributed by atoms with Crippen molar-refractivity contribution in [3.05, 3.63) is 88.0 Å². The molecule has 6 nitrogen and oxygen atoms in total. The largest absolute Gasteiger partial charge is 0.278 e. The Hall–Kier alpha value is -3.19. The first-order chi connectivity index (χ1) is 13.1. The molecule has 0 aliphatic heterocycles. The summed E-state index contributed by atoms with van der Waals surface area (Å²) in [5, 5.41) is 17.1. The predicted octanol–water partition coefficient (Wildman–Crippen LogP) is 4.13. The van der Waals surface area contributed by atoms with Crippen LogP contribution >= 0.6 is 11.8 Å². The molecule has 0 saturated carbocycles. The lowest BCUT2D eigenvalue weighted by atomic mass is 10.1. The van der Waals surface area contributed by atoms with E-state index in [0.717, 1.165) is 5.56 Å². The molecule has 1 amide bonds. The molecule has 0 atom stereocenters. The van der Waals surface area contributed by atoms with E-state index in [9.17, 15) is 14.9 Å². The molecule has 3 aromatic rings. The van der Waals surface area contributed by atoms with Crippen molar-refractivity contribution >= 4 is 40.3 Å². The van der Waals surface area contributed by atoms with Gasteiger partial charge in [0.05, 0.1) is 22.5 Å². The molecule has 0 spiro atoms. The van der Waals surface area contributed by atoms with Crippen molar-refractivity contribution in [3.8, 4) is 0 Å². The van der Waals surface area contributed by atoms with E-state index in [1.165, 1.54) is 34.8 Å². The Bertz CT molecular complexity index is 1000. The van der Waals surface area contributed by atoms with Gasteiger partial charge in [-0.2, -0.15) is 5.10 Å². The number of nitro benzene ring substituents is 1. The first kappa shape index (κ1) is 18.6. The Morgan fingerprint density at radius 3 is 2.63 bits per heavy atom. The first-order valence-corrected chi connectivity index (χ1v) is 9.40. The monoisotopic (exact) mass is 379 g/mol. The van der Waals surface area contributed by atoms with Gasteiger partial charge in [0.15, 0.2) is 0 Å². The summed E-state index contributed by atoms with van der Waals surface area (Å²) in [4.78, 5) is 22.3. The standard InChI is InChI=1S/C20H17N3O3S/c24-20(22-21-12-18-7-3-4-8-19(18)23(25)26)14-27-13-15-9-10-16-5-1-2-6-17(16)11-15/h1-12H,13-14H2,(H,22,24)/b21-12-. The van der Waals surface area contributed by atoms with Gasteiger partial charge in [0.2, 0.25) is 5.91 Å². The molecule has 0 unspecified atom stereocenters. The van der Waals surface area contributed by atoms with Crippen LogP contribution in [0.3, 0.4) is 0 Å². The van der Waals surface area contributed by atoms with E-state index in [1.807, 2.05) is 12.1 Å². The lowest BCUT2D eigenvalue weighted by Crippen LogP contribution is -2.19. The first-order valence-electron chi connectivity index (χ1n) is 8.24. The second kappa shape index (κ2) is 8.95. The summed E-state index contributed by atoms with van der Waals surface area (Å²) in [6.07, 6.45) is 1.28. The van der Waals surface area contributed by atoms with Gasteiger partial charge in [0.25, 0.3) is 5.69 Å². The summed E-state index contributed by atoms with van der Waals surface area (Å²) in [7, 11) is 0. The number of nitrogens with one attached hydrogen (secondary N) is 1. The molecule has 27 heavy (non-hydrogen) atoms. The molecule has 7 heteroatoms. The number of nitrogens with zero attached hydrogens (tertiary/aromatic N) is 2. The molecule has 1 N–H and O–H groups in total. The zero-order chi connectivity index (χ0) is 19.1. The smallest absolute Gasteiger partial charge is 0.272 e. The van der Waals surface area contributed by atoms with Crippen molar-refractivity contribution in [1.82, 2.24) is 5.43 Å². The van der Waals surface area contributed by atoms with Crippen molar-refractivity contribution in [2.45, 2.75) is 5.75 Å². The lowest BCUT2D eigenvalue weighted by molar-refractivity contribution is -0.385. The quantitative estimate of drug-likeness (QED) is 0.380. The molecular weight excluding hydrogens is 362 g/mol. The third kappa shape index (κ3) is 5.15. The van der Waals surface area contributed by atoms with E-state index >= 15 is 0 Å². The van der Waals surface area contributed by atoms with Crippen molar-refractivity contribution in [2.24, 2.45) is 5.10 Å². The third-order valence-corrected chi connectivity index (χ3v) is 4.85. The van der Waals surface area contributed by atoms with Crippen LogP contribution in [0.2, 0.25) is 0 Å². The Balaban J connectivity index is 1.49. The number of fused-ring (bicyclic) bond motifs is 1. The summed E-state index contributed by atoms with van der Waals surface area (Å²) in [6, 6.07) is 20.6. The highest BCUT2D eigenvalue weighted by Gasteiger charge is 2.10. The van der Waals surface area contributed by atoms with Crippen molar-refractivity contribution in [2.75, 3.05) is 5.75 Å². The zero-order valence-electron chi connectivity index (χ0n) is 14.4. The summed E-state index contributed by atoms with van der Waals surface area (Å²) in [6.45, 7) is 0. The van der Waals surface area contributed by atoms with E-state index < -0.39 is 4.92 Å². The minimum absolute atomic E-state index is 0.0545. The Morgan fingerprint density at radius 1 is 1.07 bits per heavy atom. The normalized spacial score (nSPS) is 11.0.